The molecule has 0 heterocycles. The van der Waals surface area contributed by atoms with Gasteiger partial charge >= 0.3 is 0 Å². The predicted molar refractivity (Wildman–Crippen MR) is 60.5 cm³/mol. The lowest BCUT2D eigenvalue weighted by Gasteiger charge is -2.25. The average molecular weight is 202 g/mol. The number of rotatable bonds is 0. The molecule has 1 heteroatoms. The molecule has 0 aliphatic heterocycles. The second-order valence-corrected chi connectivity index (χ2v) is 5.59. The molecule has 0 radical (unpaired) electrons. The molecule has 0 N–H and O–H groups in total. The lowest BCUT2D eigenvalue weighted by Crippen LogP contribution is -2.21. The molecule has 80 valence electrons. The van der Waals surface area contributed by atoms with Crippen LogP contribution in [0.3, 0.4) is 0 Å². The van der Waals surface area contributed by atoms with Crippen LogP contribution >= 0.6 is 0 Å². The molecule has 0 aromatic carbocycles. The van der Waals surface area contributed by atoms with Crippen LogP contribution in [-0.2, 0) is 4.79 Å². The molecule has 3 rings (SSSR count). The maximum Gasteiger partial charge on any atom is 0.159 e. The van der Waals surface area contributed by atoms with E-state index in [1.165, 1.54) is 30.4 Å². The summed E-state index contributed by atoms with van der Waals surface area (Å²) in [4.78, 5) is 12.0. The molecule has 1 atom stereocenters. The predicted octanol–water partition coefficient (Wildman–Crippen LogP) is 3.41. The third-order valence-electron chi connectivity index (χ3n) is 4.41. The van der Waals surface area contributed by atoms with Gasteiger partial charge in [0.15, 0.2) is 5.78 Å². The molecule has 0 aromatic rings. The van der Waals surface area contributed by atoms with Crippen LogP contribution in [0.25, 0.3) is 0 Å². The van der Waals surface area contributed by atoms with Crippen molar-refractivity contribution in [2.45, 2.75) is 46.0 Å². The largest absolute Gasteiger partial charge is 0.295 e. The summed E-state index contributed by atoms with van der Waals surface area (Å²) < 4.78 is 0. The van der Waals surface area contributed by atoms with Crippen molar-refractivity contribution in [2.75, 3.05) is 0 Å². The molecule has 0 amide bonds. The highest BCUT2D eigenvalue weighted by molar-refractivity contribution is 6.00. The zero-order valence-electron chi connectivity index (χ0n) is 9.60. The molecule has 0 saturated heterocycles. The van der Waals surface area contributed by atoms with Crippen LogP contribution < -0.4 is 0 Å². The van der Waals surface area contributed by atoms with Gasteiger partial charge in [0.1, 0.15) is 0 Å². The lowest BCUT2D eigenvalue weighted by molar-refractivity contribution is -0.116. The van der Waals surface area contributed by atoms with Crippen molar-refractivity contribution in [1.29, 1.82) is 0 Å². The van der Waals surface area contributed by atoms with Crippen LogP contribution in [-0.4, -0.2) is 5.78 Å². The minimum absolute atomic E-state index is 0.0496. The van der Waals surface area contributed by atoms with E-state index in [0.29, 0.717) is 11.7 Å². The zero-order valence-corrected chi connectivity index (χ0v) is 9.60. The number of fused-ring (bicyclic) bond motifs is 2. The van der Waals surface area contributed by atoms with Gasteiger partial charge in [-0.1, -0.05) is 31.1 Å². The van der Waals surface area contributed by atoms with E-state index in [-0.39, 0.29) is 5.41 Å². The second-order valence-electron chi connectivity index (χ2n) is 5.59. The molecule has 0 aromatic heterocycles. The molecule has 0 fully saturated rings. The fourth-order valence-electron chi connectivity index (χ4n) is 3.87. The van der Waals surface area contributed by atoms with E-state index in [4.69, 9.17) is 0 Å². The summed E-state index contributed by atoms with van der Waals surface area (Å²) in [5.41, 5.74) is 4.28. The van der Waals surface area contributed by atoms with E-state index in [0.717, 1.165) is 12.8 Å². The first-order chi connectivity index (χ1) is 7.12. The third-order valence-corrected chi connectivity index (χ3v) is 4.41. The quantitative estimate of drug-likeness (QED) is 0.550. The number of ketones is 1. The molecule has 3 aliphatic rings. The van der Waals surface area contributed by atoms with E-state index in [1.807, 2.05) is 0 Å². The Kier molecular flexibility index (Phi) is 1.78. The Morgan fingerprint density at radius 1 is 1.33 bits per heavy atom. The van der Waals surface area contributed by atoms with Gasteiger partial charge in [-0.2, -0.15) is 0 Å². The molecule has 1 nitrogen and oxygen atoms in total. The van der Waals surface area contributed by atoms with Gasteiger partial charge in [0.05, 0.1) is 0 Å². The van der Waals surface area contributed by atoms with Gasteiger partial charge in [0.25, 0.3) is 0 Å². The molecule has 3 aliphatic carbocycles. The Morgan fingerprint density at radius 2 is 2.13 bits per heavy atom. The van der Waals surface area contributed by atoms with Crippen molar-refractivity contribution in [3.63, 3.8) is 0 Å². The lowest BCUT2D eigenvalue weighted by atomic mass is 9.77. The summed E-state index contributed by atoms with van der Waals surface area (Å²) in [5, 5.41) is 0. The normalized spacial score (nSPS) is 32.8. The van der Waals surface area contributed by atoms with Crippen LogP contribution in [0, 0.1) is 11.3 Å². The Morgan fingerprint density at radius 3 is 2.93 bits per heavy atom. The highest BCUT2D eigenvalue weighted by Gasteiger charge is 2.47. The Bertz CT molecular complexity index is 396. The summed E-state index contributed by atoms with van der Waals surface area (Å²) in [6.07, 6.45) is 7.89. The van der Waals surface area contributed by atoms with Crippen molar-refractivity contribution in [1.82, 2.24) is 0 Å². The minimum atomic E-state index is 0.0496. The molecule has 0 saturated carbocycles. The van der Waals surface area contributed by atoms with Crippen LogP contribution in [0.1, 0.15) is 46.0 Å². The van der Waals surface area contributed by atoms with Gasteiger partial charge in [-0.25, -0.2) is 0 Å². The first-order valence-corrected chi connectivity index (χ1v) is 6.09. The number of carbonyl (C=O) groups excluding carboxylic acids is 1. The van der Waals surface area contributed by atoms with E-state index < -0.39 is 0 Å². The van der Waals surface area contributed by atoms with Crippen LogP contribution in [0.15, 0.2) is 22.8 Å². The summed E-state index contributed by atoms with van der Waals surface area (Å²) >= 11 is 0. The van der Waals surface area contributed by atoms with Gasteiger partial charge in [-0.15, -0.1) is 0 Å². The van der Waals surface area contributed by atoms with Crippen molar-refractivity contribution in [3.05, 3.63) is 22.8 Å². The number of hydrogen-bond acceptors (Lipinski definition) is 1. The molecule has 1 unspecified atom stereocenters. The molecule has 0 bridgehead atoms. The second kappa shape index (κ2) is 2.84. The fourth-order valence-corrected chi connectivity index (χ4v) is 3.87. The average Bonchev–Trinajstić information content (AvgIpc) is 2.71. The molecular weight excluding hydrogens is 184 g/mol. The highest BCUT2D eigenvalue weighted by Crippen LogP contribution is 2.57. The fraction of sp³-hybridized carbons (Fsp3) is 0.643. The van der Waals surface area contributed by atoms with E-state index in [1.54, 1.807) is 5.57 Å². The number of hydrogen-bond donors (Lipinski definition) is 0. The Hall–Kier alpha value is -0.850. The van der Waals surface area contributed by atoms with E-state index in [9.17, 15) is 4.79 Å². The molecule has 0 spiro atoms. The summed E-state index contributed by atoms with van der Waals surface area (Å²) in [6.45, 7) is 4.48. The Labute approximate surface area is 91.2 Å². The monoisotopic (exact) mass is 202 g/mol. The smallest absolute Gasteiger partial charge is 0.159 e. The topological polar surface area (TPSA) is 17.1 Å². The molecular formula is C14H18O. The number of allylic oxidation sites excluding steroid dienone is 4. The van der Waals surface area contributed by atoms with Gasteiger partial charge < -0.3 is 0 Å². The van der Waals surface area contributed by atoms with E-state index in [2.05, 4.69) is 19.9 Å². The minimum Gasteiger partial charge on any atom is -0.295 e. The van der Waals surface area contributed by atoms with E-state index >= 15 is 0 Å². The maximum atomic E-state index is 12.0. The van der Waals surface area contributed by atoms with Crippen molar-refractivity contribution < 1.29 is 4.79 Å². The number of carbonyl (C=O) groups is 1. The zero-order chi connectivity index (χ0) is 10.6. The SMILES string of the molecule is CC1(C)C2=CCCC2C2=C1C(=O)CCC2. The van der Waals surface area contributed by atoms with Gasteiger partial charge in [0, 0.05) is 23.3 Å². The first kappa shape index (κ1) is 9.38. The van der Waals surface area contributed by atoms with Crippen molar-refractivity contribution >= 4 is 5.78 Å². The number of Topliss-reactive ketones (excluding diaryl/α,β-unsaturated/α-hetero) is 1. The van der Waals surface area contributed by atoms with Crippen LogP contribution in [0.4, 0.5) is 0 Å². The van der Waals surface area contributed by atoms with Crippen molar-refractivity contribution in [2.24, 2.45) is 11.3 Å². The highest BCUT2D eigenvalue weighted by atomic mass is 16.1. The summed E-state index contributed by atoms with van der Waals surface area (Å²) in [7, 11) is 0. The van der Waals surface area contributed by atoms with Gasteiger partial charge in [-0.05, 0) is 25.7 Å². The van der Waals surface area contributed by atoms with Gasteiger partial charge in [-0.3, -0.25) is 4.79 Å². The Balaban J connectivity index is 2.17. The first-order valence-electron chi connectivity index (χ1n) is 6.09. The van der Waals surface area contributed by atoms with Crippen LogP contribution in [0.5, 0.6) is 0 Å². The summed E-state index contributed by atoms with van der Waals surface area (Å²) in [5.74, 6) is 1.07. The van der Waals surface area contributed by atoms with Crippen LogP contribution in [0.2, 0.25) is 0 Å². The summed E-state index contributed by atoms with van der Waals surface area (Å²) in [6, 6.07) is 0. The van der Waals surface area contributed by atoms with Crippen molar-refractivity contribution in [3.8, 4) is 0 Å². The third kappa shape index (κ3) is 1.07. The standard InChI is InChI=1S/C14H18O/c1-14(2)11-7-3-5-9(11)10-6-4-8-12(15)13(10)14/h7,9H,3-6,8H2,1-2H3. The molecule has 15 heavy (non-hydrogen) atoms. The maximum absolute atomic E-state index is 12.0. The van der Waals surface area contributed by atoms with Gasteiger partial charge in [0.2, 0.25) is 0 Å².